The molecule has 0 unspecified atom stereocenters. The molecular formula is C16H19N3O. The third kappa shape index (κ3) is 3.65. The Morgan fingerprint density at radius 2 is 1.85 bits per heavy atom. The van der Waals surface area contributed by atoms with Crippen molar-refractivity contribution in [1.29, 1.82) is 0 Å². The molecule has 0 aliphatic carbocycles. The van der Waals surface area contributed by atoms with Gasteiger partial charge in [0.1, 0.15) is 5.69 Å². The molecule has 0 saturated carbocycles. The van der Waals surface area contributed by atoms with Crippen molar-refractivity contribution < 1.29 is 4.79 Å². The van der Waals surface area contributed by atoms with E-state index < -0.39 is 0 Å². The first kappa shape index (κ1) is 14.2. The molecule has 0 fully saturated rings. The van der Waals surface area contributed by atoms with Crippen LogP contribution in [0, 0.1) is 0 Å². The largest absolute Gasteiger partial charge is 0.326 e. The Balaban J connectivity index is 2.02. The lowest BCUT2D eigenvalue weighted by atomic mass is 10.1. The lowest BCUT2D eigenvalue weighted by Crippen LogP contribution is -2.14. The summed E-state index contributed by atoms with van der Waals surface area (Å²) in [6.45, 7) is 2.57. The molecule has 4 nitrogen and oxygen atoms in total. The Hall–Kier alpha value is -2.20. The Kier molecular flexibility index (Phi) is 4.85. The number of anilines is 1. The van der Waals surface area contributed by atoms with Crippen LogP contribution in [0.15, 0.2) is 42.6 Å². The summed E-state index contributed by atoms with van der Waals surface area (Å²) >= 11 is 0. The summed E-state index contributed by atoms with van der Waals surface area (Å²) in [6, 6.07) is 11.4. The van der Waals surface area contributed by atoms with E-state index in [0.717, 1.165) is 24.1 Å². The molecule has 1 amide bonds. The van der Waals surface area contributed by atoms with Crippen LogP contribution in [-0.4, -0.2) is 10.9 Å². The normalized spacial score (nSPS) is 10.3. The number of nitrogens with zero attached hydrogens (tertiary/aromatic N) is 1. The van der Waals surface area contributed by atoms with E-state index in [4.69, 9.17) is 5.73 Å². The second-order valence-corrected chi connectivity index (χ2v) is 4.66. The van der Waals surface area contributed by atoms with Crippen LogP contribution in [0.2, 0.25) is 0 Å². The molecule has 20 heavy (non-hydrogen) atoms. The van der Waals surface area contributed by atoms with Crippen LogP contribution in [0.4, 0.5) is 5.69 Å². The number of nitrogens with one attached hydrogen (secondary N) is 1. The summed E-state index contributed by atoms with van der Waals surface area (Å²) in [5.74, 6) is -0.211. The first-order chi connectivity index (χ1) is 9.72. The number of aryl methyl sites for hydroxylation is 1. The van der Waals surface area contributed by atoms with Crippen LogP contribution >= 0.6 is 0 Å². The van der Waals surface area contributed by atoms with E-state index in [2.05, 4.69) is 17.2 Å². The second kappa shape index (κ2) is 6.82. The molecule has 1 heterocycles. The van der Waals surface area contributed by atoms with Gasteiger partial charge in [-0.1, -0.05) is 31.5 Å². The molecule has 0 radical (unpaired) electrons. The fourth-order valence-corrected chi connectivity index (χ4v) is 1.92. The first-order valence-electron chi connectivity index (χ1n) is 6.78. The van der Waals surface area contributed by atoms with Crippen molar-refractivity contribution in [2.45, 2.75) is 26.3 Å². The van der Waals surface area contributed by atoms with Gasteiger partial charge in [-0.15, -0.1) is 0 Å². The van der Waals surface area contributed by atoms with Gasteiger partial charge in [-0.05, 0) is 35.7 Å². The number of hydrogen-bond acceptors (Lipinski definition) is 3. The molecule has 3 N–H and O–H groups in total. The van der Waals surface area contributed by atoms with Crippen LogP contribution in [0.5, 0.6) is 0 Å². The van der Waals surface area contributed by atoms with Crippen LogP contribution in [0.25, 0.3) is 0 Å². The van der Waals surface area contributed by atoms with Gasteiger partial charge >= 0.3 is 0 Å². The Morgan fingerprint density at radius 1 is 1.15 bits per heavy atom. The predicted octanol–water partition coefficient (Wildman–Crippen LogP) is 2.75. The average Bonchev–Trinajstić information content (AvgIpc) is 2.49. The van der Waals surface area contributed by atoms with Crippen molar-refractivity contribution in [3.63, 3.8) is 0 Å². The lowest BCUT2D eigenvalue weighted by Gasteiger charge is -2.06. The fraction of sp³-hybridized carbons (Fsp3) is 0.250. The molecule has 1 aromatic carbocycles. The van der Waals surface area contributed by atoms with Crippen LogP contribution < -0.4 is 11.1 Å². The lowest BCUT2D eigenvalue weighted by molar-refractivity contribution is 0.102. The topological polar surface area (TPSA) is 68.0 Å². The maximum Gasteiger partial charge on any atom is 0.274 e. The van der Waals surface area contributed by atoms with E-state index in [-0.39, 0.29) is 5.91 Å². The van der Waals surface area contributed by atoms with Crippen molar-refractivity contribution in [1.82, 2.24) is 4.98 Å². The minimum atomic E-state index is -0.211. The first-order valence-corrected chi connectivity index (χ1v) is 6.78. The van der Waals surface area contributed by atoms with E-state index in [1.54, 1.807) is 12.3 Å². The van der Waals surface area contributed by atoms with Crippen LogP contribution in [-0.2, 0) is 13.0 Å². The van der Waals surface area contributed by atoms with Crippen molar-refractivity contribution in [3.05, 3.63) is 59.4 Å². The van der Waals surface area contributed by atoms with Gasteiger partial charge in [0.25, 0.3) is 5.91 Å². The monoisotopic (exact) mass is 269 g/mol. The Bertz CT molecular complexity index is 561. The van der Waals surface area contributed by atoms with Gasteiger partial charge in [0, 0.05) is 18.4 Å². The molecule has 0 bridgehead atoms. The van der Waals surface area contributed by atoms with Crippen LogP contribution in [0.3, 0.4) is 0 Å². The highest BCUT2D eigenvalue weighted by atomic mass is 16.1. The smallest absolute Gasteiger partial charge is 0.274 e. The molecule has 0 spiro atoms. The summed E-state index contributed by atoms with van der Waals surface area (Å²) in [6.07, 6.45) is 3.79. The molecular weight excluding hydrogens is 250 g/mol. The highest BCUT2D eigenvalue weighted by molar-refractivity contribution is 6.02. The molecule has 0 saturated heterocycles. The third-order valence-electron chi connectivity index (χ3n) is 3.04. The van der Waals surface area contributed by atoms with E-state index in [9.17, 15) is 4.79 Å². The van der Waals surface area contributed by atoms with Gasteiger partial charge in [0.15, 0.2) is 0 Å². The molecule has 0 atom stereocenters. The highest BCUT2D eigenvalue weighted by Gasteiger charge is 2.07. The molecule has 0 aliphatic rings. The highest BCUT2D eigenvalue weighted by Crippen LogP contribution is 2.12. The number of benzene rings is 1. The van der Waals surface area contributed by atoms with Gasteiger partial charge in [0.2, 0.25) is 0 Å². The zero-order chi connectivity index (χ0) is 14.4. The molecule has 0 aliphatic heterocycles. The van der Waals surface area contributed by atoms with E-state index in [1.165, 1.54) is 5.56 Å². The number of carbonyl (C=O) groups excluding carboxylic acids is 1. The number of hydrogen-bond donors (Lipinski definition) is 2. The minimum absolute atomic E-state index is 0.211. The second-order valence-electron chi connectivity index (χ2n) is 4.66. The van der Waals surface area contributed by atoms with Crippen molar-refractivity contribution >= 4 is 11.6 Å². The minimum Gasteiger partial charge on any atom is -0.326 e. The van der Waals surface area contributed by atoms with Gasteiger partial charge in [0.05, 0.1) is 0 Å². The van der Waals surface area contributed by atoms with Gasteiger partial charge < -0.3 is 11.1 Å². The maximum atomic E-state index is 12.0. The van der Waals surface area contributed by atoms with Crippen molar-refractivity contribution in [3.8, 4) is 0 Å². The summed E-state index contributed by atoms with van der Waals surface area (Å²) < 4.78 is 0. The standard InChI is InChI=1S/C16H19N3O/c1-2-3-12-4-7-14(8-5-12)19-16(20)15-9-6-13(10-17)11-18-15/h4-9,11H,2-3,10,17H2,1H3,(H,19,20). The van der Waals surface area contributed by atoms with E-state index >= 15 is 0 Å². The number of carbonyl (C=O) groups is 1. The van der Waals surface area contributed by atoms with Gasteiger partial charge in [-0.3, -0.25) is 9.78 Å². The number of aromatic nitrogens is 1. The summed E-state index contributed by atoms with van der Waals surface area (Å²) in [5.41, 5.74) is 8.85. The van der Waals surface area contributed by atoms with E-state index in [0.29, 0.717) is 12.2 Å². The fourth-order valence-electron chi connectivity index (χ4n) is 1.92. The number of nitrogens with two attached hydrogens (primary N) is 1. The third-order valence-corrected chi connectivity index (χ3v) is 3.04. The predicted molar refractivity (Wildman–Crippen MR) is 80.5 cm³/mol. The molecule has 1 aromatic heterocycles. The Labute approximate surface area is 119 Å². The molecule has 4 heteroatoms. The zero-order valence-electron chi connectivity index (χ0n) is 11.6. The van der Waals surface area contributed by atoms with Gasteiger partial charge in [-0.2, -0.15) is 0 Å². The van der Waals surface area contributed by atoms with Crippen molar-refractivity contribution in [2.24, 2.45) is 5.73 Å². The van der Waals surface area contributed by atoms with Gasteiger partial charge in [-0.25, -0.2) is 0 Å². The number of rotatable bonds is 5. The number of amides is 1. The van der Waals surface area contributed by atoms with E-state index in [1.807, 2.05) is 30.3 Å². The zero-order valence-corrected chi connectivity index (χ0v) is 11.6. The van der Waals surface area contributed by atoms with Crippen LogP contribution in [0.1, 0.15) is 35.0 Å². The summed E-state index contributed by atoms with van der Waals surface area (Å²) in [5, 5.41) is 2.83. The average molecular weight is 269 g/mol. The summed E-state index contributed by atoms with van der Waals surface area (Å²) in [4.78, 5) is 16.1. The van der Waals surface area contributed by atoms with Crippen molar-refractivity contribution in [2.75, 3.05) is 5.32 Å². The molecule has 104 valence electrons. The quantitative estimate of drug-likeness (QED) is 0.877. The molecule has 2 aromatic rings. The number of pyridine rings is 1. The molecule has 2 rings (SSSR count). The SMILES string of the molecule is CCCc1ccc(NC(=O)c2ccc(CN)cn2)cc1. The maximum absolute atomic E-state index is 12.0. The summed E-state index contributed by atoms with van der Waals surface area (Å²) in [7, 11) is 0. The Morgan fingerprint density at radius 3 is 2.40 bits per heavy atom.